The van der Waals surface area contributed by atoms with E-state index in [1.165, 1.54) is 29.5 Å². The molecule has 0 radical (unpaired) electrons. The summed E-state index contributed by atoms with van der Waals surface area (Å²) in [5, 5.41) is 11.9. The maximum Gasteiger partial charge on any atom is 0.270 e. The van der Waals surface area contributed by atoms with Crippen molar-refractivity contribution in [3.8, 4) is 5.75 Å². The van der Waals surface area contributed by atoms with Crippen LogP contribution in [-0.4, -0.2) is 54.5 Å². The van der Waals surface area contributed by atoms with Crippen molar-refractivity contribution < 1.29 is 14.5 Å². The maximum absolute atomic E-state index is 13.4. The summed E-state index contributed by atoms with van der Waals surface area (Å²) in [5.74, 6) is 0.314. The minimum absolute atomic E-state index is 0.0787. The molecule has 0 saturated heterocycles. The number of hydrogen-bond donors (Lipinski definition) is 0. The number of nitrogens with zero attached hydrogens (tertiary/aromatic N) is 4. The maximum atomic E-state index is 13.4. The molecule has 0 spiro atoms. The normalized spacial score (nSPS) is 11.1. The van der Waals surface area contributed by atoms with Crippen molar-refractivity contribution in [3.63, 3.8) is 0 Å². The van der Waals surface area contributed by atoms with Gasteiger partial charge in [0.15, 0.2) is 5.13 Å². The number of nitro benzene ring substituents is 1. The molecule has 3 aromatic rings. The molecule has 0 atom stereocenters. The molecule has 8 nitrogen and oxygen atoms in total. The summed E-state index contributed by atoms with van der Waals surface area (Å²) in [6.07, 6.45) is 0.700. The summed E-state index contributed by atoms with van der Waals surface area (Å²) in [7, 11) is 3.91. The number of thiazole rings is 1. The van der Waals surface area contributed by atoms with Crippen LogP contribution in [0.3, 0.4) is 0 Å². The largest absolute Gasteiger partial charge is 0.494 e. The Morgan fingerprint density at radius 1 is 1.23 bits per heavy atom. The highest BCUT2D eigenvalue weighted by Crippen LogP contribution is 2.33. The van der Waals surface area contributed by atoms with E-state index in [1.807, 2.05) is 44.1 Å². The van der Waals surface area contributed by atoms with E-state index in [4.69, 9.17) is 16.3 Å². The van der Waals surface area contributed by atoms with Gasteiger partial charge in [-0.25, -0.2) is 4.98 Å². The number of halogens is 1. The van der Waals surface area contributed by atoms with Crippen molar-refractivity contribution in [2.45, 2.75) is 13.3 Å². The molecule has 0 bridgehead atoms. The second-order valence-electron chi connectivity index (χ2n) is 7.09. The van der Waals surface area contributed by atoms with Gasteiger partial charge in [-0.3, -0.25) is 19.8 Å². The number of amides is 1. The van der Waals surface area contributed by atoms with Crippen molar-refractivity contribution in [2.75, 3.05) is 38.7 Å². The van der Waals surface area contributed by atoms with Gasteiger partial charge < -0.3 is 9.64 Å². The Kier molecular flexibility index (Phi) is 7.42. The topological polar surface area (TPSA) is 88.8 Å². The highest BCUT2D eigenvalue weighted by Gasteiger charge is 2.25. The summed E-state index contributed by atoms with van der Waals surface area (Å²) in [6.45, 7) is 3.63. The molecule has 0 N–H and O–H groups in total. The fraction of sp³-hybridized carbons (Fsp3) is 0.333. The van der Waals surface area contributed by atoms with Gasteiger partial charge in [-0.2, -0.15) is 0 Å². The van der Waals surface area contributed by atoms with Crippen LogP contribution in [0.4, 0.5) is 10.8 Å². The quantitative estimate of drug-likeness (QED) is 0.333. The molecule has 10 heteroatoms. The van der Waals surface area contributed by atoms with Crippen molar-refractivity contribution in [1.82, 2.24) is 9.88 Å². The van der Waals surface area contributed by atoms with Gasteiger partial charge in [0.25, 0.3) is 11.6 Å². The van der Waals surface area contributed by atoms with Gasteiger partial charge in [0.05, 0.1) is 32.3 Å². The third-order valence-corrected chi connectivity index (χ3v) is 5.88. The minimum Gasteiger partial charge on any atom is -0.494 e. The Labute approximate surface area is 189 Å². The monoisotopic (exact) mass is 462 g/mol. The van der Waals surface area contributed by atoms with Crippen molar-refractivity contribution in [3.05, 3.63) is 57.1 Å². The standard InChI is InChI=1S/C21H23ClN4O4S/c1-4-30-15-7-9-18-19(13-15)31-21(23-18)25(11-5-10-24(2)3)20(27)16-12-14(26(28)29)6-8-17(16)22/h6-9,12-13H,4-5,10-11H2,1-3H3. The number of rotatable bonds is 9. The lowest BCUT2D eigenvalue weighted by atomic mass is 10.1. The van der Waals surface area contributed by atoms with E-state index >= 15 is 0 Å². The lowest BCUT2D eigenvalue weighted by Gasteiger charge is -2.21. The Morgan fingerprint density at radius 2 is 2.00 bits per heavy atom. The average Bonchev–Trinajstić information content (AvgIpc) is 3.14. The first-order valence-electron chi connectivity index (χ1n) is 9.74. The number of anilines is 1. The first-order chi connectivity index (χ1) is 14.8. The lowest BCUT2D eigenvalue weighted by molar-refractivity contribution is -0.384. The molecule has 3 rings (SSSR count). The van der Waals surface area contributed by atoms with Crippen LogP contribution in [0, 0.1) is 10.1 Å². The summed E-state index contributed by atoms with van der Waals surface area (Å²) >= 11 is 7.60. The minimum atomic E-state index is -0.545. The van der Waals surface area contributed by atoms with E-state index in [0.717, 1.165) is 22.5 Å². The van der Waals surface area contributed by atoms with Crippen LogP contribution in [0.15, 0.2) is 36.4 Å². The molecule has 0 saturated carbocycles. The summed E-state index contributed by atoms with van der Waals surface area (Å²) in [6, 6.07) is 9.45. The molecule has 0 aliphatic heterocycles. The van der Waals surface area contributed by atoms with Gasteiger partial charge in [-0.1, -0.05) is 22.9 Å². The highest BCUT2D eigenvalue weighted by atomic mass is 35.5. The number of nitro groups is 1. The van der Waals surface area contributed by atoms with Gasteiger partial charge >= 0.3 is 0 Å². The van der Waals surface area contributed by atoms with E-state index in [1.54, 1.807) is 4.90 Å². The molecular weight excluding hydrogens is 440 g/mol. The molecule has 1 amide bonds. The van der Waals surface area contributed by atoms with Crippen LogP contribution in [-0.2, 0) is 0 Å². The van der Waals surface area contributed by atoms with Gasteiger partial charge in [0, 0.05) is 18.7 Å². The Balaban J connectivity index is 2.00. The smallest absolute Gasteiger partial charge is 0.270 e. The third-order valence-electron chi connectivity index (χ3n) is 4.51. The number of aromatic nitrogens is 1. The number of carbonyl (C=O) groups excluding carboxylic acids is 1. The molecule has 1 aromatic heterocycles. The average molecular weight is 463 g/mol. The van der Waals surface area contributed by atoms with Crippen molar-refractivity contribution >= 4 is 49.9 Å². The van der Waals surface area contributed by atoms with E-state index < -0.39 is 10.8 Å². The van der Waals surface area contributed by atoms with Gasteiger partial charge in [0.2, 0.25) is 0 Å². The molecule has 164 valence electrons. The van der Waals surface area contributed by atoms with Crippen LogP contribution in [0.1, 0.15) is 23.7 Å². The molecule has 0 unspecified atom stereocenters. The molecule has 1 heterocycles. The first kappa shape index (κ1) is 22.9. The van der Waals surface area contributed by atoms with E-state index in [0.29, 0.717) is 24.7 Å². The van der Waals surface area contributed by atoms with Crippen LogP contribution in [0.25, 0.3) is 10.2 Å². The van der Waals surface area contributed by atoms with E-state index in [2.05, 4.69) is 4.98 Å². The molecule has 0 aliphatic carbocycles. The Bertz CT molecular complexity index is 1100. The number of hydrogen-bond acceptors (Lipinski definition) is 7. The molecule has 2 aromatic carbocycles. The second-order valence-corrected chi connectivity index (χ2v) is 8.51. The predicted molar refractivity (Wildman–Crippen MR) is 124 cm³/mol. The number of fused-ring (bicyclic) bond motifs is 1. The zero-order valence-corrected chi connectivity index (χ0v) is 19.1. The number of benzene rings is 2. The van der Waals surface area contributed by atoms with E-state index in [-0.39, 0.29) is 16.3 Å². The van der Waals surface area contributed by atoms with Gasteiger partial charge in [-0.15, -0.1) is 0 Å². The number of non-ortho nitro benzene ring substituents is 1. The van der Waals surface area contributed by atoms with Crippen LogP contribution in [0.2, 0.25) is 5.02 Å². The predicted octanol–water partition coefficient (Wildman–Crippen LogP) is 4.86. The van der Waals surface area contributed by atoms with Gasteiger partial charge in [-0.05, 0) is 58.3 Å². The zero-order valence-electron chi connectivity index (χ0n) is 17.5. The molecule has 0 fully saturated rings. The fourth-order valence-electron chi connectivity index (χ4n) is 3.03. The lowest BCUT2D eigenvalue weighted by Crippen LogP contribution is -2.33. The van der Waals surface area contributed by atoms with Crippen LogP contribution >= 0.6 is 22.9 Å². The Morgan fingerprint density at radius 3 is 2.68 bits per heavy atom. The van der Waals surface area contributed by atoms with Crippen LogP contribution < -0.4 is 9.64 Å². The van der Waals surface area contributed by atoms with Gasteiger partial charge in [0.1, 0.15) is 5.75 Å². The van der Waals surface area contributed by atoms with Crippen LogP contribution in [0.5, 0.6) is 5.75 Å². The summed E-state index contributed by atoms with van der Waals surface area (Å²) < 4.78 is 6.44. The Hall–Kier alpha value is -2.75. The molecule has 31 heavy (non-hydrogen) atoms. The molecular formula is C21H23ClN4O4S. The second kappa shape index (κ2) is 10.0. The summed E-state index contributed by atoms with van der Waals surface area (Å²) in [4.78, 5) is 32.2. The fourth-order valence-corrected chi connectivity index (χ4v) is 4.25. The van der Waals surface area contributed by atoms with Crippen molar-refractivity contribution in [1.29, 1.82) is 0 Å². The number of carbonyl (C=O) groups is 1. The first-order valence-corrected chi connectivity index (χ1v) is 10.9. The van der Waals surface area contributed by atoms with E-state index in [9.17, 15) is 14.9 Å². The zero-order chi connectivity index (χ0) is 22.5. The SMILES string of the molecule is CCOc1ccc2nc(N(CCCN(C)C)C(=O)c3cc([N+](=O)[O-])ccc3Cl)sc2c1. The molecule has 0 aliphatic rings. The summed E-state index contributed by atoms with van der Waals surface area (Å²) in [5.41, 5.74) is 0.639. The third kappa shape index (κ3) is 5.49. The number of ether oxygens (including phenoxy) is 1. The highest BCUT2D eigenvalue weighted by molar-refractivity contribution is 7.22. The van der Waals surface area contributed by atoms with Crippen molar-refractivity contribution in [2.24, 2.45) is 0 Å².